The van der Waals surface area contributed by atoms with Gasteiger partial charge in [0.1, 0.15) is 12.9 Å². The zero-order valence-electron chi connectivity index (χ0n) is 18.7. The van der Waals surface area contributed by atoms with E-state index in [1.807, 2.05) is 0 Å². The average molecular weight is 466 g/mol. The lowest BCUT2D eigenvalue weighted by atomic mass is 9.91. The first kappa shape index (κ1) is 25.7. The van der Waals surface area contributed by atoms with Crippen LogP contribution in [0.3, 0.4) is 0 Å². The lowest BCUT2D eigenvalue weighted by Crippen LogP contribution is -2.51. The monoisotopic (exact) mass is 465 g/mol. The molecule has 0 atom stereocenters. The van der Waals surface area contributed by atoms with Crippen LogP contribution in [0, 0.1) is 5.41 Å². The van der Waals surface area contributed by atoms with E-state index in [-0.39, 0.29) is 24.4 Å². The van der Waals surface area contributed by atoms with Gasteiger partial charge in [-0.3, -0.25) is 14.4 Å². The van der Waals surface area contributed by atoms with Gasteiger partial charge in [-0.15, -0.1) is 0 Å². The van der Waals surface area contributed by atoms with E-state index in [2.05, 4.69) is 5.10 Å². The van der Waals surface area contributed by atoms with Crippen LogP contribution in [0.5, 0.6) is 0 Å². The van der Waals surface area contributed by atoms with Crippen molar-refractivity contribution < 1.29 is 27.9 Å². The molecule has 10 heteroatoms. The summed E-state index contributed by atoms with van der Waals surface area (Å²) in [6.07, 6.45) is 3.12. The largest absolute Gasteiger partial charge is 0.373 e. The van der Waals surface area contributed by atoms with E-state index in [1.54, 1.807) is 51.1 Å². The molecule has 1 aromatic rings. The van der Waals surface area contributed by atoms with Crippen LogP contribution < -0.4 is 0 Å². The molecule has 0 spiro atoms. The lowest BCUT2D eigenvalue weighted by Gasteiger charge is -2.36. The third kappa shape index (κ3) is 6.23. The van der Waals surface area contributed by atoms with Gasteiger partial charge < -0.3 is 5.11 Å². The van der Waals surface area contributed by atoms with Crippen molar-refractivity contribution in [3.8, 4) is 0 Å². The van der Waals surface area contributed by atoms with Crippen molar-refractivity contribution in [1.82, 2.24) is 9.31 Å². The van der Waals surface area contributed by atoms with Crippen molar-refractivity contribution in [2.24, 2.45) is 10.5 Å². The zero-order valence-corrected chi connectivity index (χ0v) is 19.5. The SMILES string of the molecule is CC(C)(C)C(=O)CN(/C=N/N(C=O)CC(=O)c1ccccc1)S(=O)(=O)C1(O)CCCCC1. The van der Waals surface area contributed by atoms with Crippen molar-refractivity contribution in [2.75, 3.05) is 13.1 Å². The molecule has 0 saturated heterocycles. The van der Waals surface area contributed by atoms with Crippen LogP contribution in [0.4, 0.5) is 0 Å². The molecule has 176 valence electrons. The second-order valence-electron chi connectivity index (χ2n) is 8.95. The number of rotatable bonds is 10. The number of ketones is 2. The molecule has 1 saturated carbocycles. The molecule has 9 nitrogen and oxygen atoms in total. The van der Waals surface area contributed by atoms with E-state index in [0.29, 0.717) is 29.1 Å². The molecule has 0 aliphatic heterocycles. The number of hydrazone groups is 1. The van der Waals surface area contributed by atoms with Crippen LogP contribution in [0.25, 0.3) is 0 Å². The summed E-state index contributed by atoms with van der Waals surface area (Å²) in [6.45, 7) is 4.01. The maximum atomic E-state index is 13.3. The van der Waals surface area contributed by atoms with Gasteiger partial charge in [0.05, 0.1) is 6.54 Å². The maximum Gasteiger partial charge on any atom is 0.266 e. The molecule has 0 radical (unpaired) electrons. The fourth-order valence-corrected chi connectivity index (χ4v) is 4.93. The first-order valence-electron chi connectivity index (χ1n) is 10.5. The molecule has 0 aromatic heterocycles. The van der Waals surface area contributed by atoms with Crippen molar-refractivity contribution in [3.63, 3.8) is 0 Å². The first-order chi connectivity index (χ1) is 14.9. The molecule has 1 aromatic carbocycles. The Morgan fingerprint density at radius 1 is 1.09 bits per heavy atom. The van der Waals surface area contributed by atoms with Gasteiger partial charge >= 0.3 is 0 Å². The minimum Gasteiger partial charge on any atom is -0.373 e. The Kier molecular flexibility index (Phi) is 8.30. The van der Waals surface area contributed by atoms with Gasteiger partial charge in [-0.05, 0) is 25.7 Å². The van der Waals surface area contributed by atoms with Crippen LogP contribution in [0.2, 0.25) is 0 Å². The standard InChI is InChI=1S/C22H31N3O6S/c1-21(2,3)20(28)15-25(32(30,31)22(29)12-8-5-9-13-22)16-23-24(17-26)14-19(27)18-10-6-4-7-11-18/h4,6-7,10-11,16-17,29H,5,8-9,12-15H2,1-3H3/b23-16+. The minimum absolute atomic E-state index is 0.0489. The van der Waals surface area contributed by atoms with Gasteiger partial charge in [-0.1, -0.05) is 57.5 Å². The smallest absolute Gasteiger partial charge is 0.266 e. The van der Waals surface area contributed by atoms with E-state index in [0.717, 1.165) is 17.8 Å². The molecule has 1 aliphatic rings. The third-order valence-electron chi connectivity index (χ3n) is 5.41. The second kappa shape index (κ2) is 10.4. The number of hydrogen-bond donors (Lipinski definition) is 1. The topological polar surface area (TPSA) is 124 Å². The molecular formula is C22H31N3O6S. The number of nitrogens with zero attached hydrogens (tertiary/aromatic N) is 3. The summed E-state index contributed by atoms with van der Waals surface area (Å²) in [6, 6.07) is 8.29. The highest BCUT2D eigenvalue weighted by Crippen LogP contribution is 2.34. The van der Waals surface area contributed by atoms with Gasteiger partial charge in [0.15, 0.2) is 16.5 Å². The van der Waals surface area contributed by atoms with E-state index in [1.165, 1.54) is 0 Å². The number of carbonyl (C=O) groups is 3. The Hall–Kier alpha value is -2.59. The highest BCUT2D eigenvalue weighted by Gasteiger charge is 2.46. The Bertz CT molecular complexity index is 948. The van der Waals surface area contributed by atoms with E-state index < -0.39 is 33.5 Å². The number of sulfonamides is 1. The summed E-state index contributed by atoms with van der Waals surface area (Å²) in [4.78, 5) is 34.4. The van der Waals surface area contributed by atoms with Crippen LogP contribution in [-0.2, 0) is 19.6 Å². The number of aliphatic hydroxyl groups is 1. The second-order valence-corrected chi connectivity index (χ2v) is 11.1. The number of Topliss-reactive ketones (excluding diaryl/α,β-unsaturated/α-hetero) is 2. The Labute approximate surface area is 189 Å². The number of benzene rings is 1. The molecule has 0 bridgehead atoms. The Morgan fingerprint density at radius 2 is 1.69 bits per heavy atom. The van der Waals surface area contributed by atoms with Crippen molar-refractivity contribution in [1.29, 1.82) is 0 Å². The quantitative estimate of drug-likeness (QED) is 0.186. The fourth-order valence-electron chi connectivity index (χ4n) is 3.24. The Balaban J connectivity index is 2.29. The predicted molar refractivity (Wildman–Crippen MR) is 120 cm³/mol. The summed E-state index contributed by atoms with van der Waals surface area (Å²) in [5.74, 6) is -0.772. The first-order valence-corrected chi connectivity index (χ1v) is 12.0. The molecule has 1 N–H and O–H groups in total. The fraction of sp³-hybridized carbons (Fsp3) is 0.545. The number of amides is 1. The summed E-state index contributed by atoms with van der Waals surface area (Å²) in [5, 5.41) is 15.5. The van der Waals surface area contributed by atoms with Gasteiger partial charge in [0.2, 0.25) is 6.41 Å². The zero-order chi connectivity index (χ0) is 24.0. The van der Waals surface area contributed by atoms with Crippen molar-refractivity contribution in [3.05, 3.63) is 35.9 Å². The summed E-state index contributed by atoms with van der Waals surface area (Å²) in [5.41, 5.74) is -0.455. The van der Waals surface area contributed by atoms with Crippen LogP contribution >= 0.6 is 0 Å². The minimum atomic E-state index is -4.37. The summed E-state index contributed by atoms with van der Waals surface area (Å²) in [7, 11) is -4.37. The molecule has 0 heterocycles. The molecule has 1 aliphatic carbocycles. The summed E-state index contributed by atoms with van der Waals surface area (Å²) >= 11 is 0. The molecule has 1 amide bonds. The number of carbonyl (C=O) groups excluding carboxylic acids is 3. The average Bonchev–Trinajstić information content (AvgIpc) is 2.75. The molecule has 32 heavy (non-hydrogen) atoms. The lowest BCUT2D eigenvalue weighted by molar-refractivity contribution is -0.126. The van der Waals surface area contributed by atoms with E-state index >= 15 is 0 Å². The molecule has 1 fully saturated rings. The van der Waals surface area contributed by atoms with Gasteiger partial charge in [-0.25, -0.2) is 17.7 Å². The highest BCUT2D eigenvalue weighted by molar-refractivity contribution is 7.90. The van der Waals surface area contributed by atoms with Gasteiger partial charge in [0.25, 0.3) is 10.0 Å². The normalized spacial score (nSPS) is 16.5. The van der Waals surface area contributed by atoms with E-state index in [4.69, 9.17) is 0 Å². The number of hydrogen-bond acceptors (Lipinski definition) is 7. The van der Waals surface area contributed by atoms with Crippen LogP contribution in [0.1, 0.15) is 63.2 Å². The van der Waals surface area contributed by atoms with Gasteiger partial charge in [0, 0.05) is 11.0 Å². The Morgan fingerprint density at radius 3 is 2.22 bits per heavy atom. The predicted octanol–water partition coefficient (Wildman–Crippen LogP) is 2.17. The highest BCUT2D eigenvalue weighted by atomic mass is 32.2. The van der Waals surface area contributed by atoms with Crippen LogP contribution in [-0.4, -0.2) is 65.2 Å². The maximum absolute atomic E-state index is 13.3. The molecule has 0 unspecified atom stereocenters. The van der Waals surface area contributed by atoms with Crippen LogP contribution in [0.15, 0.2) is 35.4 Å². The summed E-state index contributed by atoms with van der Waals surface area (Å²) < 4.78 is 27.2. The van der Waals surface area contributed by atoms with Crippen molar-refractivity contribution in [2.45, 2.75) is 57.8 Å². The molecular weight excluding hydrogens is 434 g/mol. The van der Waals surface area contributed by atoms with Gasteiger partial charge in [-0.2, -0.15) is 5.10 Å². The molecule has 2 rings (SSSR count). The third-order valence-corrected chi connectivity index (χ3v) is 7.62. The van der Waals surface area contributed by atoms with Crippen molar-refractivity contribution >= 4 is 34.3 Å². The van der Waals surface area contributed by atoms with E-state index in [9.17, 15) is 27.9 Å².